The van der Waals surface area contributed by atoms with Crippen molar-refractivity contribution in [1.29, 1.82) is 0 Å². The first-order valence-electron chi connectivity index (χ1n) is 6.04. The zero-order valence-electron chi connectivity index (χ0n) is 10.3. The summed E-state index contributed by atoms with van der Waals surface area (Å²) in [6.45, 7) is 3.08. The Morgan fingerprint density at radius 3 is 2.83 bits per heavy atom. The molecule has 98 valence electrons. The number of carbonyl (C=O) groups is 2. The van der Waals surface area contributed by atoms with Gasteiger partial charge in [0.2, 0.25) is 5.91 Å². The minimum absolute atomic E-state index is 0.0727. The number of carboxylic acids is 1. The number of nitrogens with zero attached hydrogens (tertiary/aromatic N) is 3. The predicted octanol–water partition coefficient (Wildman–Crippen LogP) is 0.452. The Kier molecular flexibility index (Phi) is 3.64. The lowest BCUT2D eigenvalue weighted by atomic mass is 9.90. The molecule has 1 N–H and O–H groups in total. The number of carboxylic acid groups (broad SMARTS) is 1. The molecule has 6 heteroatoms. The molecule has 2 atom stereocenters. The molecule has 1 saturated heterocycles. The smallest absolute Gasteiger partial charge is 0.308 e. The van der Waals surface area contributed by atoms with Crippen LogP contribution in [0.3, 0.4) is 0 Å². The van der Waals surface area contributed by atoms with Gasteiger partial charge in [-0.1, -0.05) is 6.92 Å². The molecular weight excluding hydrogens is 234 g/mol. The van der Waals surface area contributed by atoms with Crippen LogP contribution in [0, 0.1) is 11.8 Å². The molecule has 1 aromatic rings. The second-order valence-electron chi connectivity index (χ2n) is 4.88. The van der Waals surface area contributed by atoms with Crippen LogP contribution in [0.15, 0.2) is 18.5 Å². The second-order valence-corrected chi connectivity index (χ2v) is 4.88. The van der Waals surface area contributed by atoms with Crippen molar-refractivity contribution in [2.45, 2.75) is 19.9 Å². The standard InChI is InChI=1S/C12H17N3O3/c1-9-5-10(12(17)18)7-14(6-9)11(16)8-15-4-2-3-13-15/h2-4,9-10H,5-8H2,1H3,(H,17,18). The Labute approximate surface area is 105 Å². The van der Waals surface area contributed by atoms with E-state index >= 15 is 0 Å². The Bertz CT molecular complexity index is 430. The molecule has 1 amide bonds. The number of piperidine rings is 1. The molecule has 0 spiro atoms. The molecule has 1 fully saturated rings. The fourth-order valence-corrected chi connectivity index (χ4v) is 2.37. The van der Waals surface area contributed by atoms with Gasteiger partial charge in [0.25, 0.3) is 0 Å². The number of hydrogen-bond donors (Lipinski definition) is 1. The summed E-state index contributed by atoms with van der Waals surface area (Å²) in [5.41, 5.74) is 0. The van der Waals surface area contributed by atoms with Gasteiger partial charge in [0.1, 0.15) is 6.54 Å². The lowest BCUT2D eigenvalue weighted by molar-refractivity contribution is -0.147. The first-order valence-corrected chi connectivity index (χ1v) is 6.04. The maximum Gasteiger partial charge on any atom is 0.308 e. The molecule has 1 aliphatic heterocycles. The van der Waals surface area contributed by atoms with Crippen molar-refractivity contribution in [3.8, 4) is 0 Å². The van der Waals surface area contributed by atoms with E-state index in [-0.39, 0.29) is 18.4 Å². The number of aromatic nitrogens is 2. The Morgan fingerprint density at radius 1 is 1.44 bits per heavy atom. The highest BCUT2D eigenvalue weighted by Crippen LogP contribution is 2.21. The van der Waals surface area contributed by atoms with Crippen molar-refractivity contribution in [1.82, 2.24) is 14.7 Å². The SMILES string of the molecule is CC1CC(C(=O)O)CN(C(=O)Cn2cccn2)C1. The average Bonchev–Trinajstić information content (AvgIpc) is 2.80. The summed E-state index contributed by atoms with van der Waals surface area (Å²) in [4.78, 5) is 24.7. The molecule has 0 aromatic carbocycles. The Morgan fingerprint density at radius 2 is 2.22 bits per heavy atom. The van der Waals surface area contributed by atoms with Gasteiger partial charge < -0.3 is 10.0 Å². The largest absolute Gasteiger partial charge is 0.481 e. The third kappa shape index (κ3) is 2.88. The summed E-state index contributed by atoms with van der Waals surface area (Å²) >= 11 is 0. The van der Waals surface area contributed by atoms with Crippen LogP contribution in [0.5, 0.6) is 0 Å². The van der Waals surface area contributed by atoms with Gasteiger partial charge in [0.15, 0.2) is 0 Å². The van der Waals surface area contributed by atoms with E-state index < -0.39 is 11.9 Å². The van der Waals surface area contributed by atoms with Crippen LogP contribution in [0.25, 0.3) is 0 Å². The van der Waals surface area contributed by atoms with Crippen molar-refractivity contribution >= 4 is 11.9 Å². The molecule has 1 aliphatic rings. The zero-order chi connectivity index (χ0) is 13.1. The zero-order valence-corrected chi connectivity index (χ0v) is 10.3. The topological polar surface area (TPSA) is 75.4 Å². The molecule has 2 heterocycles. The molecule has 0 saturated carbocycles. The van der Waals surface area contributed by atoms with Gasteiger partial charge in [-0.15, -0.1) is 0 Å². The van der Waals surface area contributed by atoms with E-state index in [1.54, 1.807) is 28.0 Å². The minimum atomic E-state index is -0.821. The third-order valence-corrected chi connectivity index (χ3v) is 3.22. The summed E-state index contributed by atoms with van der Waals surface area (Å²) in [5.74, 6) is -1.12. The van der Waals surface area contributed by atoms with E-state index in [1.807, 2.05) is 6.92 Å². The highest BCUT2D eigenvalue weighted by atomic mass is 16.4. The molecule has 0 bridgehead atoms. The van der Waals surface area contributed by atoms with Crippen molar-refractivity contribution in [2.24, 2.45) is 11.8 Å². The van der Waals surface area contributed by atoms with Gasteiger partial charge in [0, 0.05) is 25.5 Å². The van der Waals surface area contributed by atoms with Crippen LogP contribution in [0.4, 0.5) is 0 Å². The minimum Gasteiger partial charge on any atom is -0.481 e. The van der Waals surface area contributed by atoms with Gasteiger partial charge in [-0.05, 0) is 18.4 Å². The summed E-state index contributed by atoms with van der Waals surface area (Å²) < 4.78 is 1.55. The maximum absolute atomic E-state index is 12.1. The monoisotopic (exact) mass is 251 g/mol. The number of rotatable bonds is 3. The van der Waals surface area contributed by atoms with Crippen LogP contribution < -0.4 is 0 Å². The van der Waals surface area contributed by atoms with Crippen molar-refractivity contribution < 1.29 is 14.7 Å². The predicted molar refractivity (Wildman–Crippen MR) is 63.7 cm³/mol. The van der Waals surface area contributed by atoms with E-state index in [4.69, 9.17) is 5.11 Å². The second kappa shape index (κ2) is 5.20. The average molecular weight is 251 g/mol. The van der Waals surface area contributed by atoms with Crippen molar-refractivity contribution in [3.63, 3.8) is 0 Å². The molecule has 18 heavy (non-hydrogen) atoms. The van der Waals surface area contributed by atoms with Crippen LogP contribution in [-0.2, 0) is 16.1 Å². The van der Waals surface area contributed by atoms with E-state index in [2.05, 4.69) is 5.10 Å². The summed E-state index contributed by atoms with van der Waals surface area (Å²) in [6, 6.07) is 1.76. The normalized spacial score (nSPS) is 23.9. The quantitative estimate of drug-likeness (QED) is 0.846. The van der Waals surface area contributed by atoms with Crippen molar-refractivity contribution in [3.05, 3.63) is 18.5 Å². The van der Waals surface area contributed by atoms with Gasteiger partial charge >= 0.3 is 5.97 Å². The summed E-state index contributed by atoms with van der Waals surface area (Å²) in [6.07, 6.45) is 3.98. The number of hydrogen-bond acceptors (Lipinski definition) is 3. The Balaban J connectivity index is 1.99. The molecule has 6 nitrogen and oxygen atoms in total. The number of amides is 1. The fraction of sp³-hybridized carbons (Fsp3) is 0.583. The maximum atomic E-state index is 12.1. The van der Waals surface area contributed by atoms with Crippen molar-refractivity contribution in [2.75, 3.05) is 13.1 Å². The van der Waals surface area contributed by atoms with E-state index in [9.17, 15) is 9.59 Å². The van der Waals surface area contributed by atoms with Gasteiger partial charge in [-0.3, -0.25) is 14.3 Å². The van der Waals surface area contributed by atoms with Crippen LogP contribution in [0.1, 0.15) is 13.3 Å². The Hall–Kier alpha value is -1.85. The van der Waals surface area contributed by atoms with E-state index in [1.165, 1.54) is 0 Å². The molecule has 2 unspecified atom stereocenters. The van der Waals surface area contributed by atoms with Gasteiger partial charge in [-0.2, -0.15) is 5.10 Å². The number of aliphatic carboxylic acids is 1. The first kappa shape index (κ1) is 12.6. The summed E-state index contributed by atoms with van der Waals surface area (Å²) in [5, 5.41) is 13.0. The van der Waals surface area contributed by atoms with Crippen LogP contribution in [0.2, 0.25) is 0 Å². The lowest BCUT2D eigenvalue weighted by Gasteiger charge is -2.34. The molecule has 0 radical (unpaired) electrons. The highest BCUT2D eigenvalue weighted by molar-refractivity contribution is 5.77. The van der Waals surface area contributed by atoms with Crippen LogP contribution >= 0.6 is 0 Å². The molecule has 1 aromatic heterocycles. The third-order valence-electron chi connectivity index (χ3n) is 3.22. The first-order chi connectivity index (χ1) is 8.56. The van der Waals surface area contributed by atoms with Gasteiger partial charge in [-0.25, -0.2) is 0 Å². The molecular formula is C12H17N3O3. The van der Waals surface area contributed by atoms with Gasteiger partial charge in [0.05, 0.1) is 5.92 Å². The molecule has 0 aliphatic carbocycles. The fourth-order valence-electron chi connectivity index (χ4n) is 2.37. The molecule has 2 rings (SSSR count). The lowest BCUT2D eigenvalue weighted by Crippen LogP contribution is -2.46. The summed E-state index contributed by atoms with van der Waals surface area (Å²) in [7, 11) is 0. The number of likely N-dealkylation sites (tertiary alicyclic amines) is 1. The van der Waals surface area contributed by atoms with E-state index in [0.717, 1.165) is 0 Å². The van der Waals surface area contributed by atoms with E-state index in [0.29, 0.717) is 19.5 Å². The van der Waals surface area contributed by atoms with Crippen LogP contribution in [-0.4, -0.2) is 44.8 Å². The highest BCUT2D eigenvalue weighted by Gasteiger charge is 2.31. The number of carbonyl (C=O) groups excluding carboxylic acids is 1.